The zero-order chi connectivity index (χ0) is 20.6. The minimum Gasteiger partial charge on any atom is -0.343 e. The van der Waals surface area contributed by atoms with E-state index in [1.54, 1.807) is 17.0 Å². The summed E-state index contributed by atoms with van der Waals surface area (Å²) in [6.45, 7) is 5.30. The van der Waals surface area contributed by atoms with Crippen molar-refractivity contribution in [2.45, 2.75) is 31.8 Å². The van der Waals surface area contributed by atoms with E-state index in [4.69, 9.17) is 0 Å². The maximum atomic E-state index is 13.4. The van der Waals surface area contributed by atoms with Gasteiger partial charge in [0.15, 0.2) is 5.16 Å². The van der Waals surface area contributed by atoms with E-state index in [-0.39, 0.29) is 11.7 Å². The predicted molar refractivity (Wildman–Crippen MR) is 114 cm³/mol. The minimum absolute atomic E-state index is 0.0690. The molecule has 0 aliphatic heterocycles. The Bertz CT molecular complexity index is 924. The van der Waals surface area contributed by atoms with Gasteiger partial charge in [0.25, 0.3) is 0 Å². The van der Waals surface area contributed by atoms with Crippen molar-refractivity contribution in [1.29, 1.82) is 0 Å². The maximum absolute atomic E-state index is 13.4. The lowest BCUT2D eigenvalue weighted by Crippen LogP contribution is -2.31. The first-order valence-electron chi connectivity index (χ1n) is 9.77. The van der Waals surface area contributed by atoms with Gasteiger partial charge >= 0.3 is 0 Å². The Morgan fingerprint density at radius 3 is 2.34 bits per heavy atom. The zero-order valence-electron chi connectivity index (χ0n) is 16.7. The Balaban J connectivity index is 1.83. The van der Waals surface area contributed by atoms with Crippen LogP contribution >= 0.6 is 11.8 Å². The molecule has 7 heteroatoms. The lowest BCUT2D eigenvalue weighted by atomic mass is 10.1. The number of carbonyl (C=O) groups is 1. The van der Waals surface area contributed by atoms with Crippen LogP contribution in [0.25, 0.3) is 5.69 Å². The number of halogens is 1. The van der Waals surface area contributed by atoms with Crippen LogP contribution in [0.4, 0.5) is 4.39 Å². The first kappa shape index (κ1) is 21.0. The average Bonchev–Trinajstić information content (AvgIpc) is 3.16. The summed E-state index contributed by atoms with van der Waals surface area (Å²) in [6, 6.07) is 16.4. The normalized spacial score (nSPS) is 10.9. The van der Waals surface area contributed by atoms with E-state index < -0.39 is 0 Å². The highest BCUT2D eigenvalue weighted by Gasteiger charge is 2.17. The fraction of sp³-hybridized carbons (Fsp3) is 0.318. The molecule has 0 atom stereocenters. The van der Waals surface area contributed by atoms with E-state index in [1.807, 2.05) is 36.6 Å². The number of thioether (sulfide) groups is 1. The van der Waals surface area contributed by atoms with E-state index in [2.05, 4.69) is 22.3 Å². The van der Waals surface area contributed by atoms with Gasteiger partial charge < -0.3 is 4.90 Å². The maximum Gasteiger partial charge on any atom is 0.233 e. The number of benzene rings is 2. The van der Waals surface area contributed by atoms with Crippen LogP contribution in [0.1, 0.15) is 25.2 Å². The topological polar surface area (TPSA) is 51.0 Å². The van der Waals surface area contributed by atoms with E-state index in [0.29, 0.717) is 30.4 Å². The van der Waals surface area contributed by atoms with E-state index in [9.17, 15) is 9.18 Å². The molecule has 3 rings (SSSR count). The largest absolute Gasteiger partial charge is 0.343 e. The first-order valence-corrected chi connectivity index (χ1v) is 10.8. The highest BCUT2D eigenvalue weighted by molar-refractivity contribution is 7.99. The fourth-order valence-corrected chi connectivity index (χ4v) is 3.97. The van der Waals surface area contributed by atoms with Gasteiger partial charge in [0.1, 0.15) is 11.6 Å². The van der Waals surface area contributed by atoms with Gasteiger partial charge in [-0.3, -0.25) is 9.36 Å². The van der Waals surface area contributed by atoms with Gasteiger partial charge in [0.2, 0.25) is 5.91 Å². The summed E-state index contributed by atoms with van der Waals surface area (Å²) in [7, 11) is 0. The van der Waals surface area contributed by atoms with Crippen LogP contribution in [-0.2, 0) is 17.6 Å². The monoisotopic (exact) mass is 412 g/mol. The Hall–Kier alpha value is -2.67. The molecule has 0 unspecified atom stereocenters. The SMILES string of the molecule is CCN(CC)C(=O)CSc1nnc(CCc2ccccc2)n1-c1ccc(F)cc1. The lowest BCUT2D eigenvalue weighted by molar-refractivity contribution is -0.127. The third kappa shape index (κ3) is 5.44. The van der Waals surface area contributed by atoms with E-state index in [1.165, 1.54) is 29.5 Å². The van der Waals surface area contributed by atoms with Crippen LogP contribution in [0.3, 0.4) is 0 Å². The molecular weight excluding hydrogens is 387 g/mol. The van der Waals surface area contributed by atoms with Gasteiger partial charge in [-0.25, -0.2) is 4.39 Å². The number of aryl methyl sites for hydroxylation is 2. The summed E-state index contributed by atoms with van der Waals surface area (Å²) in [5.41, 5.74) is 2.00. The fourth-order valence-electron chi connectivity index (χ4n) is 3.10. The molecule has 152 valence electrons. The molecule has 0 saturated carbocycles. The second-order valence-corrected chi connectivity index (χ2v) is 7.49. The smallest absolute Gasteiger partial charge is 0.233 e. The van der Waals surface area contributed by atoms with Crippen molar-refractivity contribution in [3.63, 3.8) is 0 Å². The van der Waals surface area contributed by atoms with Crippen LogP contribution in [0.15, 0.2) is 59.8 Å². The summed E-state index contributed by atoms with van der Waals surface area (Å²) in [6.07, 6.45) is 1.52. The van der Waals surface area contributed by atoms with E-state index in [0.717, 1.165) is 17.9 Å². The van der Waals surface area contributed by atoms with Crippen molar-refractivity contribution < 1.29 is 9.18 Å². The molecular formula is C22H25FN4OS. The third-order valence-corrected chi connectivity index (χ3v) is 5.62. The highest BCUT2D eigenvalue weighted by Crippen LogP contribution is 2.23. The number of carbonyl (C=O) groups excluding carboxylic acids is 1. The van der Waals surface area contributed by atoms with Gasteiger partial charge in [-0.15, -0.1) is 10.2 Å². The Labute approximate surface area is 175 Å². The molecule has 29 heavy (non-hydrogen) atoms. The van der Waals surface area contributed by atoms with Gasteiger partial charge in [-0.2, -0.15) is 0 Å². The molecule has 0 bridgehead atoms. The van der Waals surface area contributed by atoms with Gasteiger partial charge in [-0.05, 0) is 50.1 Å². The second kappa shape index (κ2) is 10.2. The first-order chi connectivity index (χ1) is 14.1. The van der Waals surface area contributed by atoms with Crippen LogP contribution in [0, 0.1) is 5.82 Å². The van der Waals surface area contributed by atoms with Crippen molar-refractivity contribution in [1.82, 2.24) is 19.7 Å². The van der Waals surface area contributed by atoms with Crippen molar-refractivity contribution in [3.05, 3.63) is 71.8 Å². The van der Waals surface area contributed by atoms with Crippen molar-refractivity contribution in [2.75, 3.05) is 18.8 Å². The average molecular weight is 413 g/mol. The van der Waals surface area contributed by atoms with Crippen LogP contribution in [0.2, 0.25) is 0 Å². The summed E-state index contributed by atoms with van der Waals surface area (Å²) in [4.78, 5) is 14.2. The molecule has 1 amide bonds. The quantitative estimate of drug-likeness (QED) is 0.496. The molecule has 0 fully saturated rings. The number of rotatable bonds is 9. The number of aromatic nitrogens is 3. The Kier molecular flexibility index (Phi) is 7.41. The summed E-state index contributed by atoms with van der Waals surface area (Å²) < 4.78 is 15.3. The van der Waals surface area contributed by atoms with Gasteiger partial charge in [0, 0.05) is 25.2 Å². The van der Waals surface area contributed by atoms with Crippen LogP contribution in [-0.4, -0.2) is 44.4 Å². The molecule has 0 N–H and O–H groups in total. The van der Waals surface area contributed by atoms with Gasteiger partial charge in [0.05, 0.1) is 5.75 Å². The molecule has 2 aromatic carbocycles. The highest BCUT2D eigenvalue weighted by atomic mass is 32.2. The standard InChI is InChI=1S/C22H25FN4OS/c1-3-26(4-2)21(28)16-29-22-25-24-20(15-10-17-8-6-5-7-9-17)27(22)19-13-11-18(23)12-14-19/h5-9,11-14H,3-4,10,15-16H2,1-2H3. The number of nitrogens with zero attached hydrogens (tertiary/aromatic N) is 4. The summed E-state index contributed by atoms with van der Waals surface area (Å²) >= 11 is 1.36. The van der Waals surface area contributed by atoms with Crippen LogP contribution in [0.5, 0.6) is 0 Å². The molecule has 3 aromatic rings. The molecule has 5 nitrogen and oxygen atoms in total. The Morgan fingerprint density at radius 2 is 1.69 bits per heavy atom. The molecule has 0 aliphatic carbocycles. The molecule has 0 spiro atoms. The van der Waals surface area contributed by atoms with Gasteiger partial charge in [-0.1, -0.05) is 42.1 Å². The predicted octanol–water partition coefficient (Wildman–Crippen LogP) is 4.15. The Morgan fingerprint density at radius 1 is 1.00 bits per heavy atom. The molecule has 0 saturated heterocycles. The molecule has 1 heterocycles. The third-order valence-electron chi connectivity index (χ3n) is 4.71. The van der Waals surface area contributed by atoms with Crippen molar-refractivity contribution >= 4 is 17.7 Å². The number of hydrogen-bond donors (Lipinski definition) is 0. The van der Waals surface area contributed by atoms with E-state index >= 15 is 0 Å². The van der Waals surface area contributed by atoms with Crippen molar-refractivity contribution in [2.24, 2.45) is 0 Å². The number of amides is 1. The van der Waals surface area contributed by atoms with Crippen LogP contribution < -0.4 is 0 Å². The second-order valence-electron chi connectivity index (χ2n) is 6.55. The molecule has 1 aromatic heterocycles. The van der Waals surface area contributed by atoms with Crippen molar-refractivity contribution in [3.8, 4) is 5.69 Å². The summed E-state index contributed by atoms with van der Waals surface area (Å²) in [5.74, 6) is 0.857. The number of hydrogen-bond acceptors (Lipinski definition) is 4. The summed E-state index contributed by atoms with van der Waals surface area (Å²) in [5, 5.41) is 9.33. The molecule has 0 aliphatic rings. The zero-order valence-corrected chi connectivity index (χ0v) is 17.5. The molecule has 0 radical (unpaired) electrons. The minimum atomic E-state index is -0.293. The lowest BCUT2D eigenvalue weighted by Gasteiger charge is -2.18.